The molecule has 2 rings (SSSR count). The maximum absolute atomic E-state index is 12.2. The van der Waals surface area contributed by atoms with E-state index in [1.807, 2.05) is 6.07 Å². The Morgan fingerprint density at radius 2 is 1.83 bits per heavy atom. The van der Waals surface area contributed by atoms with Crippen LogP contribution < -0.4 is 10.5 Å². The molecule has 0 saturated carbocycles. The third kappa shape index (κ3) is 5.48. The number of rotatable bonds is 6. The van der Waals surface area contributed by atoms with Crippen molar-refractivity contribution < 1.29 is 17.9 Å². The second-order valence-corrected chi connectivity index (χ2v) is 6.71. The molecule has 122 valence electrons. The van der Waals surface area contributed by atoms with Crippen molar-refractivity contribution in [1.29, 1.82) is 0 Å². The fourth-order valence-corrected chi connectivity index (χ4v) is 2.75. The molecule has 0 radical (unpaired) electrons. The first-order valence-corrected chi connectivity index (χ1v) is 8.57. The summed E-state index contributed by atoms with van der Waals surface area (Å²) in [5.74, 6) is -0.484. The lowest BCUT2D eigenvalue weighted by molar-refractivity contribution is 0.102. The fourth-order valence-electron chi connectivity index (χ4n) is 2.09. The molecule has 3 N–H and O–H groups in total. The van der Waals surface area contributed by atoms with Crippen LogP contribution in [0.4, 0.5) is 5.69 Å². The Morgan fingerprint density at radius 1 is 1.13 bits per heavy atom. The van der Waals surface area contributed by atoms with Gasteiger partial charge in [-0.05, 0) is 35.4 Å². The molecule has 0 aliphatic carbocycles. The highest BCUT2D eigenvalue weighted by molar-refractivity contribution is 7.88. The van der Waals surface area contributed by atoms with Crippen molar-refractivity contribution in [3.63, 3.8) is 0 Å². The van der Waals surface area contributed by atoms with Gasteiger partial charge in [0.05, 0.1) is 12.4 Å². The average Bonchev–Trinajstić information content (AvgIpc) is 2.48. The number of primary sulfonamides is 1. The summed E-state index contributed by atoms with van der Waals surface area (Å²) in [5.41, 5.74) is 2.56. The Balaban J connectivity index is 2.06. The maximum Gasteiger partial charge on any atom is 0.255 e. The number of methoxy groups -OCH3 is 1. The summed E-state index contributed by atoms with van der Waals surface area (Å²) in [6.07, 6.45) is 0. The highest BCUT2D eigenvalue weighted by atomic mass is 32.2. The van der Waals surface area contributed by atoms with Crippen LogP contribution in [0.25, 0.3) is 0 Å². The summed E-state index contributed by atoms with van der Waals surface area (Å²) < 4.78 is 27.1. The van der Waals surface area contributed by atoms with Crippen LogP contribution in [0.2, 0.25) is 0 Å². The van der Waals surface area contributed by atoms with E-state index in [0.717, 1.165) is 5.56 Å². The van der Waals surface area contributed by atoms with Gasteiger partial charge in [-0.3, -0.25) is 4.79 Å². The zero-order valence-corrected chi connectivity index (χ0v) is 13.5. The lowest BCUT2D eigenvalue weighted by atomic mass is 10.1. The maximum atomic E-state index is 12.2. The van der Waals surface area contributed by atoms with Gasteiger partial charge in [0.25, 0.3) is 5.91 Å². The minimum absolute atomic E-state index is 0.236. The Morgan fingerprint density at radius 3 is 2.43 bits per heavy atom. The molecule has 0 aliphatic heterocycles. The summed E-state index contributed by atoms with van der Waals surface area (Å²) in [6, 6.07) is 13.6. The van der Waals surface area contributed by atoms with Crippen LogP contribution in [0, 0.1) is 0 Å². The number of sulfonamides is 1. The third-order valence-electron chi connectivity index (χ3n) is 3.08. The highest BCUT2D eigenvalue weighted by Gasteiger charge is 2.08. The number of ether oxygens (including phenoxy) is 1. The fraction of sp³-hybridized carbons (Fsp3) is 0.188. The van der Waals surface area contributed by atoms with Crippen LogP contribution in [0.15, 0.2) is 48.5 Å². The van der Waals surface area contributed by atoms with Gasteiger partial charge in [0, 0.05) is 18.4 Å². The molecule has 7 heteroatoms. The summed E-state index contributed by atoms with van der Waals surface area (Å²) in [6.45, 7) is 0.434. The molecular weight excluding hydrogens is 316 g/mol. The number of carbonyl (C=O) groups excluding carboxylic acids is 1. The number of benzene rings is 2. The number of carbonyl (C=O) groups is 1. The monoisotopic (exact) mass is 334 g/mol. The minimum atomic E-state index is -3.57. The van der Waals surface area contributed by atoms with E-state index in [2.05, 4.69) is 5.32 Å². The lowest BCUT2D eigenvalue weighted by Gasteiger charge is -2.08. The van der Waals surface area contributed by atoms with Crippen LogP contribution >= 0.6 is 0 Å². The Kier molecular flexibility index (Phi) is 5.49. The number of hydrogen-bond acceptors (Lipinski definition) is 4. The van der Waals surface area contributed by atoms with Gasteiger partial charge in [-0.1, -0.05) is 24.3 Å². The molecule has 0 spiro atoms. The molecule has 0 unspecified atom stereocenters. The van der Waals surface area contributed by atoms with Crippen molar-refractivity contribution in [2.24, 2.45) is 5.14 Å². The van der Waals surface area contributed by atoms with E-state index in [4.69, 9.17) is 9.88 Å². The first kappa shape index (κ1) is 17.1. The van der Waals surface area contributed by atoms with Crippen molar-refractivity contribution in [3.8, 4) is 0 Å². The number of nitrogens with two attached hydrogens (primary N) is 1. The average molecular weight is 334 g/mol. The van der Waals surface area contributed by atoms with Crippen molar-refractivity contribution in [1.82, 2.24) is 0 Å². The quantitative estimate of drug-likeness (QED) is 0.842. The highest BCUT2D eigenvalue weighted by Crippen LogP contribution is 2.14. The molecule has 2 aromatic rings. The Labute approximate surface area is 135 Å². The summed E-state index contributed by atoms with van der Waals surface area (Å²) in [5, 5.41) is 7.75. The van der Waals surface area contributed by atoms with E-state index in [9.17, 15) is 13.2 Å². The molecule has 1 amide bonds. The zero-order chi connectivity index (χ0) is 16.9. The standard InChI is InChI=1S/C16H18N2O4S/c1-22-10-13-3-2-4-14(9-13)16(19)18-15-7-5-12(6-8-15)11-23(17,20)21/h2-9H,10-11H2,1H3,(H,18,19)(H2,17,20,21). The summed E-state index contributed by atoms with van der Waals surface area (Å²) in [4.78, 5) is 12.2. The first-order chi connectivity index (χ1) is 10.9. The van der Waals surface area contributed by atoms with E-state index in [1.165, 1.54) is 0 Å². The SMILES string of the molecule is COCc1cccc(C(=O)Nc2ccc(CS(N)(=O)=O)cc2)c1. The number of nitrogens with one attached hydrogen (secondary N) is 1. The number of anilines is 1. The van der Waals surface area contributed by atoms with Crippen LogP contribution in [0.5, 0.6) is 0 Å². The molecule has 0 aliphatic rings. The molecule has 6 nitrogen and oxygen atoms in total. The van der Waals surface area contributed by atoms with E-state index in [0.29, 0.717) is 23.4 Å². The van der Waals surface area contributed by atoms with Crippen molar-refractivity contribution in [2.45, 2.75) is 12.4 Å². The molecule has 2 aromatic carbocycles. The third-order valence-corrected chi connectivity index (χ3v) is 3.82. The Bertz CT molecular complexity index is 786. The van der Waals surface area contributed by atoms with Crippen molar-refractivity contribution >= 4 is 21.6 Å². The van der Waals surface area contributed by atoms with Gasteiger partial charge in [-0.15, -0.1) is 0 Å². The van der Waals surface area contributed by atoms with E-state index >= 15 is 0 Å². The summed E-state index contributed by atoms with van der Waals surface area (Å²) in [7, 11) is -1.97. The molecule has 23 heavy (non-hydrogen) atoms. The minimum Gasteiger partial charge on any atom is -0.380 e. The van der Waals surface area contributed by atoms with Crippen molar-refractivity contribution in [3.05, 3.63) is 65.2 Å². The molecule has 0 atom stereocenters. The van der Waals surface area contributed by atoms with E-state index in [-0.39, 0.29) is 11.7 Å². The topological polar surface area (TPSA) is 98.5 Å². The predicted molar refractivity (Wildman–Crippen MR) is 88.4 cm³/mol. The lowest BCUT2D eigenvalue weighted by Crippen LogP contribution is -2.15. The first-order valence-electron chi connectivity index (χ1n) is 6.86. The normalized spacial score (nSPS) is 11.2. The number of amides is 1. The van der Waals surface area contributed by atoms with E-state index in [1.54, 1.807) is 49.6 Å². The second kappa shape index (κ2) is 7.36. The van der Waals surface area contributed by atoms with Crippen LogP contribution in [-0.4, -0.2) is 21.4 Å². The molecule has 0 aromatic heterocycles. The van der Waals surface area contributed by atoms with Gasteiger partial charge in [0.1, 0.15) is 0 Å². The zero-order valence-electron chi connectivity index (χ0n) is 12.7. The van der Waals surface area contributed by atoms with Gasteiger partial charge >= 0.3 is 0 Å². The largest absolute Gasteiger partial charge is 0.380 e. The predicted octanol–water partition coefficient (Wildman–Crippen LogP) is 1.87. The smallest absolute Gasteiger partial charge is 0.255 e. The van der Waals surface area contributed by atoms with Gasteiger partial charge in [0.15, 0.2) is 0 Å². The van der Waals surface area contributed by atoms with Crippen molar-refractivity contribution in [2.75, 3.05) is 12.4 Å². The molecule has 0 fully saturated rings. The van der Waals surface area contributed by atoms with Crippen LogP contribution in [0.1, 0.15) is 21.5 Å². The summed E-state index contributed by atoms with van der Waals surface area (Å²) >= 11 is 0. The molecule has 0 bridgehead atoms. The van der Waals surface area contributed by atoms with Crippen LogP contribution in [0.3, 0.4) is 0 Å². The van der Waals surface area contributed by atoms with E-state index < -0.39 is 10.0 Å². The van der Waals surface area contributed by atoms with Gasteiger partial charge in [-0.2, -0.15) is 0 Å². The molecule has 0 heterocycles. The molecule has 0 saturated heterocycles. The van der Waals surface area contributed by atoms with Gasteiger partial charge < -0.3 is 10.1 Å². The van der Waals surface area contributed by atoms with Gasteiger partial charge in [-0.25, -0.2) is 13.6 Å². The number of hydrogen-bond donors (Lipinski definition) is 2. The molecular formula is C16H18N2O4S. The Hall–Kier alpha value is -2.22. The van der Waals surface area contributed by atoms with Gasteiger partial charge in [0.2, 0.25) is 10.0 Å². The second-order valence-electron chi connectivity index (χ2n) is 5.09. The van der Waals surface area contributed by atoms with Crippen LogP contribution in [-0.2, 0) is 27.1 Å².